The number of aromatic nitrogens is 1. The lowest BCUT2D eigenvalue weighted by atomic mass is 9.86. The number of hydrogen-bond acceptors (Lipinski definition) is 4. The molecule has 0 spiro atoms. The van der Waals surface area contributed by atoms with Gasteiger partial charge in [-0.25, -0.2) is 0 Å². The number of amides is 2. The van der Waals surface area contributed by atoms with Crippen LogP contribution >= 0.6 is 0 Å². The molecule has 4 N–H and O–H groups in total. The van der Waals surface area contributed by atoms with Gasteiger partial charge in [-0.3, -0.25) is 14.6 Å². The van der Waals surface area contributed by atoms with E-state index in [0.29, 0.717) is 35.8 Å². The van der Waals surface area contributed by atoms with Crippen molar-refractivity contribution in [3.63, 3.8) is 0 Å². The average molecular weight is 380 g/mol. The van der Waals surface area contributed by atoms with E-state index in [4.69, 9.17) is 5.73 Å². The van der Waals surface area contributed by atoms with E-state index < -0.39 is 0 Å². The summed E-state index contributed by atoms with van der Waals surface area (Å²) in [4.78, 5) is 28.6. The summed E-state index contributed by atoms with van der Waals surface area (Å²) in [5, 5.41) is 5.69. The molecule has 1 aromatic heterocycles. The number of rotatable bonds is 7. The third-order valence-corrected chi connectivity index (χ3v) is 5.27. The molecule has 2 amide bonds. The van der Waals surface area contributed by atoms with Gasteiger partial charge in [0.25, 0.3) is 5.91 Å². The molecule has 1 fully saturated rings. The van der Waals surface area contributed by atoms with Crippen molar-refractivity contribution in [1.29, 1.82) is 0 Å². The number of pyridine rings is 1. The van der Waals surface area contributed by atoms with Crippen LogP contribution in [0.4, 0.5) is 11.4 Å². The SMILES string of the molecule is Nc1ccccc1NC(=O)c1ccc(CNC(=O)CCC2CCCCC2)nc1. The van der Waals surface area contributed by atoms with Crippen LogP contribution in [0.15, 0.2) is 42.6 Å². The number of carbonyl (C=O) groups is 2. The van der Waals surface area contributed by atoms with Crippen LogP contribution in [0.5, 0.6) is 0 Å². The monoisotopic (exact) mass is 380 g/mol. The van der Waals surface area contributed by atoms with Crippen LogP contribution in [0, 0.1) is 5.92 Å². The highest BCUT2D eigenvalue weighted by atomic mass is 16.2. The molecule has 0 radical (unpaired) electrons. The maximum atomic E-state index is 12.3. The first-order valence-corrected chi connectivity index (χ1v) is 9.99. The summed E-state index contributed by atoms with van der Waals surface area (Å²) in [6.45, 7) is 0.372. The smallest absolute Gasteiger partial charge is 0.257 e. The zero-order valence-electron chi connectivity index (χ0n) is 16.1. The first-order valence-electron chi connectivity index (χ1n) is 9.99. The largest absolute Gasteiger partial charge is 0.397 e. The molecule has 1 aliphatic carbocycles. The van der Waals surface area contributed by atoms with Crippen LogP contribution in [-0.2, 0) is 11.3 Å². The predicted molar refractivity (Wildman–Crippen MR) is 111 cm³/mol. The van der Waals surface area contributed by atoms with Gasteiger partial charge in [0.05, 0.1) is 29.2 Å². The number of benzene rings is 1. The maximum Gasteiger partial charge on any atom is 0.257 e. The summed E-state index contributed by atoms with van der Waals surface area (Å²) in [7, 11) is 0. The van der Waals surface area contributed by atoms with Gasteiger partial charge >= 0.3 is 0 Å². The molecule has 6 heteroatoms. The molecule has 2 aromatic rings. The van der Waals surface area contributed by atoms with Crippen molar-refractivity contribution in [2.75, 3.05) is 11.1 Å². The normalized spacial score (nSPS) is 14.4. The Kier molecular flexibility index (Phi) is 7.00. The van der Waals surface area contributed by atoms with Gasteiger partial charge in [-0.15, -0.1) is 0 Å². The van der Waals surface area contributed by atoms with Crippen molar-refractivity contribution in [3.8, 4) is 0 Å². The first kappa shape index (κ1) is 19.9. The molecule has 1 aromatic carbocycles. The van der Waals surface area contributed by atoms with E-state index in [1.54, 1.807) is 24.3 Å². The average Bonchev–Trinajstić information content (AvgIpc) is 2.73. The molecule has 0 atom stereocenters. The van der Waals surface area contributed by atoms with E-state index in [-0.39, 0.29) is 11.8 Å². The van der Waals surface area contributed by atoms with E-state index in [1.165, 1.54) is 38.3 Å². The Labute approximate surface area is 165 Å². The number of carbonyl (C=O) groups excluding carboxylic acids is 2. The Morgan fingerprint density at radius 2 is 1.86 bits per heavy atom. The van der Waals surface area contributed by atoms with Gasteiger partial charge in [-0.1, -0.05) is 44.2 Å². The minimum absolute atomic E-state index is 0.0637. The third-order valence-electron chi connectivity index (χ3n) is 5.27. The van der Waals surface area contributed by atoms with Crippen molar-refractivity contribution >= 4 is 23.2 Å². The summed E-state index contributed by atoms with van der Waals surface area (Å²) >= 11 is 0. The van der Waals surface area contributed by atoms with Crippen LogP contribution in [0.1, 0.15) is 61.0 Å². The van der Waals surface area contributed by atoms with Crippen LogP contribution in [0.2, 0.25) is 0 Å². The lowest BCUT2D eigenvalue weighted by Crippen LogP contribution is -2.24. The first-order chi connectivity index (χ1) is 13.6. The van der Waals surface area contributed by atoms with Gasteiger partial charge in [0.15, 0.2) is 0 Å². The number of nitrogen functional groups attached to an aromatic ring is 1. The minimum atomic E-state index is -0.270. The highest BCUT2D eigenvalue weighted by Gasteiger charge is 2.15. The second kappa shape index (κ2) is 9.88. The lowest BCUT2D eigenvalue weighted by molar-refractivity contribution is -0.121. The number of anilines is 2. The van der Waals surface area contributed by atoms with Gasteiger partial charge in [0.1, 0.15) is 0 Å². The molecule has 1 aliphatic rings. The molecule has 6 nitrogen and oxygen atoms in total. The summed E-state index contributed by atoms with van der Waals surface area (Å²) < 4.78 is 0. The molecule has 1 saturated carbocycles. The molecular formula is C22H28N4O2. The fraction of sp³-hybridized carbons (Fsp3) is 0.409. The Hall–Kier alpha value is -2.89. The van der Waals surface area contributed by atoms with Crippen molar-refractivity contribution in [2.24, 2.45) is 5.92 Å². The summed E-state index contributed by atoms with van der Waals surface area (Å²) in [6, 6.07) is 10.6. The molecule has 0 unspecified atom stereocenters. The molecule has 0 saturated heterocycles. The maximum absolute atomic E-state index is 12.3. The second-order valence-electron chi connectivity index (χ2n) is 7.40. The highest BCUT2D eigenvalue weighted by molar-refractivity contribution is 6.05. The van der Waals surface area contributed by atoms with Gasteiger partial charge in [0, 0.05) is 12.6 Å². The van der Waals surface area contributed by atoms with E-state index in [9.17, 15) is 9.59 Å². The Bertz CT molecular complexity index is 798. The van der Waals surface area contributed by atoms with Crippen molar-refractivity contribution in [2.45, 2.75) is 51.5 Å². The van der Waals surface area contributed by atoms with E-state index in [2.05, 4.69) is 15.6 Å². The Morgan fingerprint density at radius 1 is 1.07 bits per heavy atom. The van der Waals surface area contributed by atoms with Crippen LogP contribution in [0.25, 0.3) is 0 Å². The Morgan fingerprint density at radius 3 is 2.57 bits per heavy atom. The second-order valence-corrected chi connectivity index (χ2v) is 7.40. The number of nitrogens with zero attached hydrogens (tertiary/aromatic N) is 1. The quantitative estimate of drug-likeness (QED) is 0.635. The fourth-order valence-corrected chi connectivity index (χ4v) is 3.56. The van der Waals surface area contributed by atoms with Crippen molar-refractivity contribution in [1.82, 2.24) is 10.3 Å². The number of nitrogens with one attached hydrogen (secondary N) is 2. The van der Waals surface area contributed by atoms with Crippen molar-refractivity contribution in [3.05, 3.63) is 53.9 Å². The molecule has 0 bridgehead atoms. The number of hydrogen-bond donors (Lipinski definition) is 3. The van der Waals surface area contributed by atoms with E-state index in [1.807, 2.05) is 12.1 Å². The molecule has 28 heavy (non-hydrogen) atoms. The molecule has 1 heterocycles. The number of nitrogens with two attached hydrogens (primary N) is 1. The summed E-state index contributed by atoms with van der Waals surface area (Å²) in [5.41, 5.74) is 8.09. The fourth-order valence-electron chi connectivity index (χ4n) is 3.56. The highest BCUT2D eigenvalue weighted by Crippen LogP contribution is 2.27. The molecular weight excluding hydrogens is 352 g/mol. The van der Waals surface area contributed by atoms with Crippen LogP contribution < -0.4 is 16.4 Å². The topological polar surface area (TPSA) is 97.1 Å². The molecule has 3 rings (SSSR count). The van der Waals surface area contributed by atoms with Gasteiger partial charge in [-0.05, 0) is 36.6 Å². The standard InChI is InChI=1S/C22H28N4O2/c23-19-8-4-5-9-20(19)26-22(28)17-11-12-18(24-14-17)15-25-21(27)13-10-16-6-2-1-3-7-16/h4-5,8-9,11-12,14,16H,1-3,6-7,10,13,15,23H2,(H,25,27)(H,26,28). The zero-order valence-corrected chi connectivity index (χ0v) is 16.1. The Balaban J connectivity index is 1.44. The molecule has 148 valence electrons. The van der Waals surface area contributed by atoms with Crippen LogP contribution in [-0.4, -0.2) is 16.8 Å². The van der Waals surface area contributed by atoms with Crippen molar-refractivity contribution < 1.29 is 9.59 Å². The van der Waals surface area contributed by atoms with Crippen LogP contribution in [0.3, 0.4) is 0 Å². The summed E-state index contributed by atoms with van der Waals surface area (Å²) in [6.07, 6.45) is 9.50. The minimum Gasteiger partial charge on any atom is -0.397 e. The van der Waals surface area contributed by atoms with E-state index >= 15 is 0 Å². The zero-order chi connectivity index (χ0) is 19.8. The van der Waals surface area contributed by atoms with Gasteiger partial charge in [-0.2, -0.15) is 0 Å². The van der Waals surface area contributed by atoms with Gasteiger partial charge in [0.2, 0.25) is 5.91 Å². The van der Waals surface area contributed by atoms with E-state index in [0.717, 1.165) is 12.1 Å². The predicted octanol–water partition coefficient (Wildman–Crippen LogP) is 3.89. The third kappa shape index (κ3) is 5.81. The lowest BCUT2D eigenvalue weighted by Gasteiger charge is -2.20. The van der Waals surface area contributed by atoms with Gasteiger partial charge < -0.3 is 16.4 Å². The summed E-state index contributed by atoms with van der Waals surface area (Å²) in [5.74, 6) is 0.497. The number of para-hydroxylation sites is 2. The molecule has 0 aliphatic heterocycles.